The minimum Gasteiger partial charge on any atom is -0.389 e. The molecule has 1 saturated heterocycles. The average molecular weight is 326 g/mol. The van der Waals surface area contributed by atoms with E-state index in [0.717, 1.165) is 56.8 Å². The van der Waals surface area contributed by atoms with Gasteiger partial charge in [-0.1, -0.05) is 31.9 Å². The molecule has 1 aromatic heterocycles. The normalized spacial score (nSPS) is 29.9. The van der Waals surface area contributed by atoms with Crippen molar-refractivity contribution in [1.29, 1.82) is 0 Å². The van der Waals surface area contributed by atoms with E-state index in [2.05, 4.69) is 28.7 Å². The average Bonchev–Trinajstić information content (AvgIpc) is 3.28. The molecule has 3 rings (SSSR count). The second kappa shape index (κ2) is 6.50. The third-order valence-electron chi connectivity index (χ3n) is 5.42. The topological polar surface area (TPSA) is 52.1 Å². The number of aryl methyl sites for hydroxylation is 1. The highest BCUT2D eigenvalue weighted by Gasteiger charge is 2.49. The highest BCUT2D eigenvalue weighted by atomic mass is 35.5. The Morgan fingerprint density at radius 2 is 2.23 bits per heavy atom. The van der Waals surface area contributed by atoms with Crippen LogP contribution in [0.4, 0.5) is 0 Å². The number of unbranched alkanes of at least 4 members (excludes halogenated alkanes) is 1. The maximum Gasteiger partial charge on any atom is 0.151 e. The van der Waals surface area contributed by atoms with Crippen molar-refractivity contribution in [2.75, 3.05) is 13.1 Å². The number of hydrogen-bond acceptors (Lipinski definition) is 3. The zero-order valence-electron chi connectivity index (χ0n) is 13.7. The Labute approximate surface area is 138 Å². The van der Waals surface area contributed by atoms with Crippen molar-refractivity contribution in [3.8, 4) is 0 Å². The van der Waals surface area contributed by atoms with Gasteiger partial charge in [-0.3, -0.25) is 4.90 Å². The summed E-state index contributed by atoms with van der Waals surface area (Å²) in [6, 6.07) is 0. The first-order valence-electron chi connectivity index (χ1n) is 8.71. The summed E-state index contributed by atoms with van der Waals surface area (Å²) in [5.41, 5.74) is 0.595. The molecule has 2 N–H and O–H groups in total. The second-order valence-electron chi connectivity index (χ2n) is 7.21. The number of aliphatic hydroxyl groups is 1. The molecule has 0 amide bonds. The van der Waals surface area contributed by atoms with Crippen LogP contribution in [0.15, 0.2) is 0 Å². The van der Waals surface area contributed by atoms with E-state index < -0.39 is 5.60 Å². The van der Waals surface area contributed by atoms with Crippen LogP contribution in [0.25, 0.3) is 0 Å². The Hall–Kier alpha value is -0.580. The molecule has 2 atom stereocenters. The lowest BCUT2D eigenvalue weighted by Gasteiger charge is -2.43. The Balaban J connectivity index is 1.59. The van der Waals surface area contributed by atoms with Crippen molar-refractivity contribution in [2.24, 2.45) is 11.8 Å². The third-order valence-corrected chi connectivity index (χ3v) is 5.74. The number of aromatic nitrogens is 2. The highest BCUT2D eigenvalue weighted by Crippen LogP contribution is 2.47. The van der Waals surface area contributed by atoms with Crippen LogP contribution < -0.4 is 0 Å². The highest BCUT2D eigenvalue weighted by molar-refractivity contribution is 6.30. The van der Waals surface area contributed by atoms with Gasteiger partial charge in [0.15, 0.2) is 5.15 Å². The van der Waals surface area contributed by atoms with Gasteiger partial charge in [0.25, 0.3) is 0 Å². The van der Waals surface area contributed by atoms with Gasteiger partial charge < -0.3 is 10.1 Å². The van der Waals surface area contributed by atoms with Gasteiger partial charge >= 0.3 is 0 Å². The summed E-state index contributed by atoms with van der Waals surface area (Å²) in [5, 5.41) is 11.5. The Kier molecular flexibility index (Phi) is 4.81. The summed E-state index contributed by atoms with van der Waals surface area (Å²) in [7, 11) is 0. The van der Waals surface area contributed by atoms with E-state index in [4.69, 9.17) is 11.6 Å². The van der Waals surface area contributed by atoms with Gasteiger partial charge in [0.2, 0.25) is 0 Å². The molecule has 0 bridgehead atoms. The quantitative estimate of drug-likeness (QED) is 0.843. The first kappa shape index (κ1) is 16.3. The fraction of sp³-hybridized carbons (Fsp3) is 0.824. The molecule has 1 aliphatic heterocycles. The monoisotopic (exact) mass is 325 g/mol. The van der Waals surface area contributed by atoms with Crippen LogP contribution in [0.3, 0.4) is 0 Å². The van der Waals surface area contributed by atoms with Crippen molar-refractivity contribution in [3.63, 3.8) is 0 Å². The number of imidazole rings is 1. The summed E-state index contributed by atoms with van der Waals surface area (Å²) in [6.45, 7) is 7.06. The van der Waals surface area contributed by atoms with Crippen molar-refractivity contribution in [3.05, 3.63) is 16.7 Å². The van der Waals surface area contributed by atoms with Gasteiger partial charge in [0.05, 0.1) is 11.3 Å². The largest absolute Gasteiger partial charge is 0.389 e. The van der Waals surface area contributed by atoms with Gasteiger partial charge in [0, 0.05) is 26.1 Å². The molecule has 0 radical (unpaired) electrons. The van der Waals surface area contributed by atoms with Crippen LogP contribution >= 0.6 is 11.6 Å². The van der Waals surface area contributed by atoms with E-state index >= 15 is 0 Å². The summed E-state index contributed by atoms with van der Waals surface area (Å²) in [4.78, 5) is 10.2. The predicted octanol–water partition coefficient (Wildman–Crippen LogP) is 3.39. The molecule has 124 valence electrons. The van der Waals surface area contributed by atoms with Crippen LogP contribution in [-0.2, 0) is 13.0 Å². The minimum atomic E-state index is -0.430. The molecule has 0 unspecified atom stereocenters. The van der Waals surface area contributed by atoms with E-state index in [-0.39, 0.29) is 0 Å². The number of aromatic amines is 1. The third kappa shape index (κ3) is 3.34. The molecule has 22 heavy (non-hydrogen) atoms. The number of nitrogens with zero attached hydrogens (tertiary/aromatic N) is 2. The number of hydrogen-bond donors (Lipinski definition) is 2. The van der Waals surface area contributed by atoms with Gasteiger partial charge in [-0.05, 0) is 37.5 Å². The maximum absolute atomic E-state index is 10.8. The molecule has 0 aromatic carbocycles. The Bertz CT molecular complexity index is 514. The van der Waals surface area contributed by atoms with Crippen molar-refractivity contribution >= 4 is 11.6 Å². The Morgan fingerprint density at radius 1 is 1.45 bits per heavy atom. The van der Waals surface area contributed by atoms with Crippen molar-refractivity contribution in [1.82, 2.24) is 14.9 Å². The Morgan fingerprint density at radius 3 is 2.86 bits per heavy atom. The van der Waals surface area contributed by atoms with Crippen molar-refractivity contribution in [2.45, 2.75) is 64.5 Å². The van der Waals surface area contributed by atoms with Gasteiger partial charge in [-0.25, -0.2) is 4.98 Å². The van der Waals surface area contributed by atoms with E-state index in [0.29, 0.717) is 17.0 Å². The smallest absolute Gasteiger partial charge is 0.151 e. The SMILES string of the molecule is CCCCc1nc(Cl)c(CN2CC[C@@](O)(C3CC3)[C@H](C)C2)[nH]1. The van der Waals surface area contributed by atoms with Crippen LogP contribution in [0.1, 0.15) is 57.5 Å². The van der Waals surface area contributed by atoms with E-state index in [1.165, 1.54) is 12.8 Å². The fourth-order valence-corrected chi connectivity index (χ4v) is 3.99. The standard InChI is InChI=1S/C17H28ClN3O/c1-3-4-5-15-19-14(16(18)20-15)11-21-9-8-17(22,12(2)10-21)13-6-7-13/h12-13,22H,3-11H2,1-2H3,(H,19,20)/t12-,17+/m1/s1. The number of halogens is 1. The van der Waals surface area contributed by atoms with Crippen LogP contribution in [0.2, 0.25) is 5.15 Å². The molecule has 5 heteroatoms. The molecule has 1 aromatic rings. The predicted molar refractivity (Wildman–Crippen MR) is 88.9 cm³/mol. The summed E-state index contributed by atoms with van der Waals surface area (Å²) >= 11 is 6.28. The maximum atomic E-state index is 10.8. The molecular weight excluding hydrogens is 298 g/mol. The number of piperidine rings is 1. The van der Waals surface area contributed by atoms with Crippen LogP contribution in [-0.4, -0.2) is 38.7 Å². The van der Waals surface area contributed by atoms with Gasteiger partial charge in [-0.15, -0.1) is 0 Å². The van der Waals surface area contributed by atoms with Crippen LogP contribution in [0.5, 0.6) is 0 Å². The summed E-state index contributed by atoms with van der Waals surface area (Å²) in [5.74, 6) is 1.87. The van der Waals surface area contributed by atoms with E-state index in [1.807, 2.05) is 0 Å². The number of rotatable bonds is 6. The van der Waals surface area contributed by atoms with Crippen molar-refractivity contribution < 1.29 is 5.11 Å². The number of nitrogens with one attached hydrogen (secondary N) is 1. The minimum absolute atomic E-state index is 0.329. The van der Waals surface area contributed by atoms with Crippen LogP contribution in [0, 0.1) is 11.8 Å². The zero-order chi connectivity index (χ0) is 15.7. The molecule has 1 saturated carbocycles. The molecule has 2 fully saturated rings. The zero-order valence-corrected chi connectivity index (χ0v) is 14.5. The number of H-pyrrole nitrogens is 1. The first-order valence-corrected chi connectivity index (χ1v) is 9.08. The molecule has 4 nitrogen and oxygen atoms in total. The molecule has 2 heterocycles. The van der Waals surface area contributed by atoms with E-state index in [9.17, 15) is 5.11 Å². The van der Waals surface area contributed by atoms with E-state index in [1.54, 1.807) is 0 Å². The number of likely N-dealkylation sites (tertiary alicyclic amines) is 1. The molecule has 1 aliphatic carbocycles. The lowest BCUT2D eigenvalue weighted by Crippen LogP contribution is -2.51. The molecule has 2 aliphatic rings. The molecular formula is C17H28ClN3O. The van der Waals surface area contributed by atoms with Gasteiger partial charge in [-0.2, -0.15) is 0 Å². The second-order valence-corrected chi connectivity index (χ2v) is 7.57. The van der Waals surface area contributed by atoms with Gasteiger partial charge in [0.1, 0.15) is 5.82 Å². The molecule has 0 spiro atoms. The fourth-order valence-electron chi connectivity index (χ4n) is 3.78. The summed E-state index contributed by atoms with van der Waals surface area (Å²) < 4.78 is 0. The first-order chi connectivity index (χ1) is 10.5. The lowest BCUT2D eigenvalue weighted by atomic mass is 9.78. The lowest BCUT2D eigenvalue weighted by molar-refractivity contribution is -0.0834. The summed E-state index contributed by atoms with van der Waals surface area (Å²) in [6.07, 6.45) is 6.55.